The second-order valence-electron chi connectivity index (χ2n) is 5.89. The summed E-state index contributed by atoms with van der Waals surface area (Å²) in [6.45, 7) is 0.200. The molecule has 0 saturated carbocycles. The lowest BCUT2D eigenvalue weighted by atomic mass is 10.1. The molecule has 7 heteroatoms. The number of hydrogen-bond donors (Lipinski definition) is 2. The smallest absolute Gasteiger partial charge is 0.310 e. The van der Waals surface area contributed by atoms with Gasteiger partial charge in [-0.2, -0.15) is 0 Å². The number of methoxy groups -OCH3 is 1. The molecule has 1 heterocycles. The molecule has 0 saturated heterocycles. The minimum atomic E-state index is -0.851. The van der Waals surface area contributed by atoms with Crippen molar-refractivity contribution >= 4 is 23.4 Å². The first kappa shape index (κ1) is 17.5. The van der Waals surface area contributed by atoms with E-state index in [2.05, 4.69) is 10.6 Å². The second-order valence-corrected chi connectivity index (χ2v) is 5.89. The molecule has 3 amide bonds. The monoisotopic (exact) mass is 353 g/mol. The largest absolute Gasteiger partial charge is 0.497 e. The van der Waals surface area contributed by atoms with Crippen LogP contribution in [0.25, 0.3) is 0 Å². The third kappa shape index (κ3) is 3.37. The molecule has 0 fully saturated rings. The van der Waals surface area contributed by atoms with Crippen LogP contribution in [0.1, 0.15) is 17.2 Å². The van der Waals surface area contributed by atoms with Gasteiger partial charge in [-0.3, -0.25) is 14.4 Å². The fraction of sp³-hybridized carbons (Fsp3) is 0.211. The summed E-state index contributed by atoms with van der Waals surface area (Å²) in [6, 6.07) is 13.4. The van der Waals surface area contributed by atoms with Crippen LogP contribution in [0.5, 0.6) is 5.75 Å². The van der Waals surface area contributed by atoms with E-state index in [-0.39, 0.29) is 12.5 Å². The number of ether oxygens (including phenoxy) is 1. The summed E-state index contributed by atoms with van der Waals surface area (Å²) in [5.74, 6) is -1.20. The Hall–Kier alpha value is -3.35. The van der Waals surface area contributed by atoms with E-state index in [1.807, 2.05) is 6.07 Å². The first-order valence-electron chi connectivity index (χ1n) is 8.09. The zero-order valence-corrected chi connectivity index (χ0v) is 14.5. The number of carbonyl (C=O) groups is 3. The number of fused-ring (bicyclic) bond motifs is 1. The highest BCUT2D eigenvalue weighted by Gasteiger charge is 2.36. The predicted octanol–water partition coefficient (Wildman–Crippen LogP) is 1.15. The molecule has 7 nitrogen and oxygen atoms in total. The van der Waals surface area contributed by atoms with E-state index in [1.54, 1.807) is 56.6 Å². The van der Waals surface area contributed by atoms with Crippen molar-refractivity contribution in [1.82, 2.24) is 10.6 Å². The molecule has 0 aliphatic carbocycles. The van der Waals surface area contributed by atoms with Crippen molar-refractivity contribution in [1.29, 1.82) is 0 Å². The van der Waals surface area contributed by atoms with Gasteiger partial charge in [0, 0.05) is 24.8 Å². The van der Waals surface area contributed by atoms with E-state index < -0.39 is 17.9 Å². The highest BCUT2D eigenvalue weighted by molar-refractivity contribution is 6.35. The standard InChI is InChI=1S/C19H19N3O4/c1-22-15-6-4-3-5-14(15)16(19(22)25)21-18(24)17(23)20-11-12-7-9-13(26-2)10-8-12/h3-10,16H,11H2,1-2H3,(H,20,23)(H,21,24)/t16-/m1/s1. The maximum Gasteiger partial charge on any atom is 0.310 e. The normalized spacial score (nSPS) is 15.4. The molecule has 1 atom stereocenters. The summed E-state index contributed by atoms with van der Waals surface area (Å²) in [6.07, 6.45) is 0. The highest BCUT2D eigenvalue weighted by atomic mass is 16.5. The van der Waals surface area contributed by atoms with Crippen LogP contribution in [0.15, 0.2) is 48.5 Å². The number of nitrogens with one attached hydrogen (secondary N) is 2. The predicted molar refractivity (Wildman–Crippen MR) is 95.6 cm³/mol. The van der Waals surface area contributed by atoms with E-state index in [9.17, 15) is 14.4 Å². The molecular weight excluding hydrogens is 334 g/mol. The average molecular weight is 353 g/mol. The van der Waals surface area contributed by atoms with Crippen LogP contribution in [0, 0.1) is 0 Å². The first-order valence-corrected chi connectivity index (χ1v) is 8.09. The quantitative estimate of drug-likeness (QED) is 0.807. The molecule has 26 heavy (non-hydrogen) atoms. The average Bonchev–Trinajstić information content (AvgIpc) is 2.91. The molecule has 1 aliphatic rings. The third-order valence-corrected chi connectivity index (χ3v) is 4.28. The van der Waals surface area contributed by atoms with Gasteiger partial charge in [0.05, 0.1) is 7.11 Å². The Morgan fingerprint density at radius 1 is 1.08 bits per heavy atom. The van der Waals surface area contributed by atoms with E-state index in [4.69, 9.17) is 4.74 Å². The Balaban J connectivity index is 1.61. The van der Waals surface area contributed by atoms with E-state index in [0.717, 1.165) is 11.3 Å². The number of likely N-dealkylation sites (N-methyl/N-ethyl adjacent to an activating group) is 1. The molecule has 0 unspecified atom stereocenters. The number of para-hydroxylation sites is 1. The summed E-state index contributed by atoms with van der Waals surface area (Å²) in [5, 5.41) is 5.05. The Labute approximate surface area is 150 Å². The maximum absolute atomic E-state index is 12.3. The summed E-state index contributed by atoms with van der Waals surface area (Å²) in [7, 11) is 3.21. The van der Waals surface area contributed by atoms with Gasteiger partial charge in [0.1, 0.15) is 11.8 Å². The number of anilines is 1. The SMILES string of the molecule is COc1ccc(CNC(=O)C(=O)N[C@H]2C(=O)N(C)c3ccccc32)cc1. The maximum atomic E-state index is 12.3. The van der Waals surface area contributed by atoms with Gasteiger partial charge in [0.15, 0.2) is 0 Å². The summed E-state index contributed by atoms with van der Waals surface area (Å²) in [4.78, 5) is 38.0. The molecular formula is C19H19N3O4. The van der Waals surface area contributed by atoms with Crippen molar-refractivity contribution in [3.63, 3.8) is 0 Å². The Morgan fingerprint density at radius 2 is 1.77 bits per heavy atom. The van der Waals surface area contributed by atoms with Crippen LogP contribution in [-0.2, 0) is 20.9 Å². The highest BCUT2D eigenvalue weighted by Crippen LogP contribution is 2.34. The van der Waals surface area contributed by atoms with Gasteiger partial charge in [0.25, 0.3) is 5.91 Å². The fourth-order valence-corrected chi connectivity index (χ4v) is 2.82. The van der Waals surface area contributed by atoms with Gasteiger partial charge in [-0.25, -0.2) is 0 Å². The van der Waals surface area contributed by atoms with E-state index in [0.29, 0.717) is 11.3 Å². The molecule has 3 rings (SSSR count). The molecule has 0 radical (unpaired) electrons. The van der Waals surface area contributed by atoms with Gasteiger partial charge in [0.2, 0.25) is 0 Å². The fourth-order valence-electron chi connectivity index (χ4n) is 2.82. The van der Waals surface area contributed by atoms with Gasteiger partial charge in [-0.05, 0) is 23.8 Å². The molecule has 1 aliphatic heterocycles. The second kappa shape index (κ2) is 7.26. The Bertz CT molecular complexity index is 848. The van der Waals surface area contributed by atoms with Gasteiger partial charge >= 0.3 is 11.8 Å². The molecule has 134 valence electrons. The summed E-state index contributed by atoms with van der Waals surface area (Å²) in [5.41, 5.74) is 2.23. The van der Waals surface area contributed by atoms with Crippen molar-refractivity contribution in [2.24, 2.45) is 0 Å². The Kier molecular flexibility index (Phi) is 4.88. The summed E-state index contributed by atoms with van der Waals surface area (Å²) >= 11 is 0. The van der Waals surface area contributed by atoms with E-state index in [1.165, 1.54) is 4.90 Å². The molecule has 0 aromatic heterocycles. The van der Waals surface area contributed by atoms with Crippen molar-refractivity contribution in [3.8, 4) is 5.75 Å². The van der Waals surface area contributed by atoms with E-state index >= 15 is 0 Å². The molecule has 0 bridgehead atoms. The van der Waals surface area contributed by atoms with Crippen LogP contribution in [-0.4, -0.2) is 31.9 Å². The summed E-state index contributed by atoms with van der Waals surface area (Å²) < 4.78 is 5.07. The lowest BCUT2D eigenvalue weighted by Gasteiger charge is -2.13. The third-order valence-electron chi connectivity index (χ3n) is 4.28. The molecule has 2 aromatic carbocycles. The number of carbonyl (C=O) groups excluding carboxylic acids is 3. The van der Waals surface area contributed by atoms with Crippen molar-refractivity contribution in [2.45, 2.75) is 12.6 Å². The number of amides is 3. The number of nitrogens with zero attached hydrogens (tertiary/aromatic N) is 1. The van der Waals surface area contributed by atoms with Crippen molar-refractivity contribution in [2.75, 3.05) is 19.1 Å². The first-order chi connectivity index (χ1) is 12.5. The molecule has 0 spiro atoms. The van der Waals surface area contributed by atoms with Gasteiger partial charge in [-0.15, -0.1) is 0 Å². The van der Waals surface area contributed by atoms with Gasteiger partial charge in [-0.1, -0.05) is 30.3 Å². The topological polar surface area (TPSA) is 87.7 Å². The van der Waals surface area contributed by atoms with Crippen LogP contribution in [0.3, 0.4) is 0 Å². The van der Waals surface area contributed by atoms with Crippen LogP contribution in [0.4, 0.5) is 5.69 Å². The number of hydrogen-bond acceptors (Lipinski definition) is 4. The minimum Gasteiger partial charge on any atom is -0.497 e. The zero-order valence-electron chi connectivity index (χ0n) is 14.5. The zero-order chi connectivity index (χ0) is 18.7. The number of benzene rings is 2. The van der Waals surface area contributed by atoms with Crippen LogP contribution in [0.2, 0.25) is 0 Å². The molecule has 2 N–H and O–H groups in total. The number of rotatable bonds is 4. The minimum absolute atomic E-state index is 0.200. The van der Waals surface area contributed by atoms with Crippen LogP contribution < -0.4 is 20.3 Å². The lowest BCUT2D eigenvalue weighted by molar-refractivity contribution is -0.140. The van der Waals surface area contributed by atoms with Gasteiger partial charge < -0.3 is 20.3 Å². The molecule has 2 aromatic rings. The van der Waals surface area contributed by atoms with Crippen molar-refractivity contribution in [3.05, 3.63) is 59.7 Å². The van der Waals surface area contributed by atoms with Crippen molar-refractivity contribution < 1.29 is 19.1 Å². The Morgan fingerprint density at radius 3 is 2.46 bits per heavy atom. The van der Waals surface area contributed by atoms with Crippen LogP contribution >= 0.6 is 0 Å². The lowest BCUT2D eigenvalue weighted by Crippen LogP contribution is -2.43.